The molecule has 0 saturated carbocycles. The lowest BCUT2D eigenvalue weighted by molar-refractivity contribution is -0.130. The van der Waals surface area contributed by atoms with Crippen molar-refractivity contribution in [1.29, 1.82) is 0 Å². The number of hydrogen-bond acceptors (Lipinski definition) is 4. The Labute approximate surface area is 195 Å². The molecule has 1 aliphatic heterocycles. The fourth-order valence-corrected chi connectivity index (χ4v) is 3.92. The topological polar surface area (TPSA) is 70.5 Å². The molecular weight excluding hydrogens is 447 g/mol. The molecule has 0 radical (unpaired) electrons. The Balaban J connectivity index is 1.75. The van der Waals surface area contributed by atoms with Gasteiger partial charge in [0.1, 0.15) is 0 Å². The van der Waals surface area contributed by atoms with Gasteiger partial charge in [-0.2, -0.15) is 0 Å². The Kier molecular flexibility index (Phi) is 6.40. The van der Waals surface area contributed by atoms with Gasteiger partial charge < -0.3 is 10.0 Å². The highest BCUT2D eigenvalue weighted by molar-refractivity contribution is 6.42. The second-order valence-corrected chi connectivity index (χ2v) is 8.06. The fourth-order valence-electron chi connectivity index (χ4n) is 3.61. The minimum atomic E-state index is -0.828. The van der Waals surface area contributed by atoms with Crippen molar-refractivity contribution < 1.29 is 14.7 Å². The number of aromatic nitrogens is 1. The number of hydrogen-bond donors (Lipinski definition) is 1. The van der Waals surface area contributed by atoms with Gasteiger partial charge in [0.25, 0.3) is 5.91 Å². The Morgan fingerprint density at radius 3 is 2.53 bits per heavy atom. The van der Waals surface area contributed by atoms with Crippen LogP contribution in [0.25, 0.3) is 6.08 Å². The quantitative estimate of drug-likeness (QED) is 0.484. The van der Waals surface area contributed by atoms with Gasteiger partial charge in [-0.3, -0.25) is 14.6 Å². The molecule has 5 nitrogen and oxygen atoms in total. The van der Waals surface area contributed by atoms with Crippen molar-refractivity contribution in [3.8, 4) is 0 Å². The van der Waals surface area contributed by atoms with Crippen LogP contribution in [0.15, 0.2) is 90.5 Å². The zero-order valence-corrected chi connectivity index (χ0v) is 18.3. The fraction of sp³-hybridized carbons (Fsp3) is 0.0800. The average molecular weight is 465 g/mol. The van der Waals surface area contributed by atoms with Crippen LogP contribution in [-0.2, 0) is 16.1 Å². The lowest BCUT2D eigenvalue weighted by atomic mass is 9.95. The maximum Gasteiger partial charge on any atom is 0.290 e. The first-order valence-corrected chi connectivity index (χ1v) is 10.6. The third-order valence-electron chi connectivity index (χ3n) is 5.13. The van der Waals surface area contributed by atoms with Gasteiger partial charge in [0.05, 0.1) is 21.7 Å². The number of benzene rings is 2. The van der Waals surface area contributed by atoms with Crippen molar-refractivity contribution in [3.63, 3.8) is 0 Å². The van der Waals surface area contributed by atoms with Gasteiger partial charge in [-0.15, -0.1) is 0 Å². The van der Waals surface area contributed by atoms with Gasteiger partial charge in [-0.1, -0.05) is 71.7 Å². The molecule has 7 heteroatoms. The number of ketones is 1. The number of nitrogens with zero attached hydrogens (tertiary/aromatic N) is 2. The van der Waals surface area contributed by atoms with Crippen LogP contribution in [0.3, 0.4) is 0 Å². The van der Waals surface area contributed by atoms with E-state index in [-0.39, 0.29) is 17.1 Å². The van der Waals surface area contributed by atoms with Gasteiger partial charge in [-0.25, -0.2) is 0 Å². The molecule has 160 valence electrons. The average Bonchev–Trinajstić information content (AvgIpc) is 3.06. The number of allylic oxidation sites excluding steroid dienone is 1. The summed E-state index contributed by atoms with van der Waals surface area (Å²) in [5, 5.41) is 11.3. The molecular formula is C25H18Cl2N2O3. The van der Waals surface area contributed by atoms with Crippen molar-refractivity contribution in [3.05, 3.63) is 117 Å². The number of halogens is 2. The van der Waals surface area contributed by atoms with Gasteiger partial charge >= 0.3 is 0 Å². The van der Waals surface area contributed by atoms with Gasteiger partial charge in [-0.05, 0) is 41.0 Å². The number of rotatable bonds is 6. The molecule has 1 N–H and O–H groups in total. The van der Waals surface area contributed by atoms with E-state index in [4.69, 9.17) is 23.2 Å². The molecule has 1 aliphatic rings. The van der Waals surface area contributed by atoms with Crippen molar-refractivity contribution in [2.75, 3.05) is 0 Å². The summed E-state index contributed by atoms with van der Waals surface area (Å²) >= 11 is 12.3. The zero-order chi connectivity index (χ0) is 22.7. The van der Waals surface area contributed by atoms with E-state index >= 15 is 0 Å². The Morgan fingerprint density at radius 2 is 1.84 bits per heavy atom. The molecule has 2 aromatic carbocycles. The molecule has 0 saturated heterocycles. The largest absolute Gasteiger partial charge is 0.503 e. The first-order valence-electron chi connectivity index (χ1n) is 9.81. The predicted molar refractivity (Wildman–Crippen MR) is 124 cm³/mol. The first kappa shape index (κ1) is 21.8. The Morgan fingerprint density at radius 1 is 1.06 bits per heavy atom. The number of pyridine rings is 1. The van der Waals surface area contributed by atoms with Crippen LogP contribution in [0.5, 0.6) is 0 Å². The SMILES string of the molecule is O=C(/C=C/c1ccccc1)C1=C(O)C(=O)N(Cc2cccnc2)C1c1ccc(Cl)c(Cl)c1. The van der Waals surface area contributed by atoms with E-state index in [9.17, 15) is 14.7 Å². The lowest BCUT2D eigenvalue weighted by Gasteiger charge is -2.27. The van der Waals surface area contributed by atoms with Crippen molar-refractivity contribution >= 4 is 41.0 Å². The number of aliphatic hydroxyl groups is 1. The summed E-state index contributed by atoms with van der Waals surface area (Å²) in [4.78, 5) is 31.7. The number of aliphatic hydroxyl groups excluding tert-OH is 1. The first-order chi connectivity index (χ1) is 15.5. The number of amides is 1. The molecule has 1 amide bonds. The molecule has 4 rings (SSSR count). The molecule has 0 spiro atoms. The van der Waals surface area contributed by atoms with E-state index in [0.29, 0.717) is 10.6 Å². The van der Waals surface area contributed by atoms with Gasteiger partial charge in [0, 0.05) is 18.9 Å². The summed E-state index contributed by atoms with van der Waals surface area (Å²) in [6.45, 7) is 0.154. The molecule has 0 fully saturated rings. The van der Waals surface area contributed by atoms with Crippen LogP contribution < -0.4 is 0 Å². The smallest absolute Gasteiger partial charge is 0.290 e. The molecule has 1 unspecified atom stereocenters. The minimum absolute atomic E-state index is 0.00976. The highest BCUT2D eigenvalue weighted by Crippen LogP contribution is 2.40. The monoisotopic (exact) mass is 464 g/mol. The summed E-state index contributed by atoms with van der Waals surface area (Å²) in [6.07, 6.45) is 6.26. The predicted octanol–water partition coefficient (Wildman–Crippen LogP) is 5.57. The molecule has 3 aromatic rings. The van der Waals surface area contributed by atoms with Crippen LogP contribution in [0.1, 0.15) is 22.7 Å². The lowest BCUT2D eigenvalue weighted by Crippen LogP contribution is -2.30. The zero-order valence-electron chi connectivity index (χ0n) is 16.8. The summed E-state index contributed by atoms with van der Waals surface area (Å²) in [5.74, 6) is -1.68. The van der Waals surface area contributed by atoms with Crippen molar-refractivity contribution in [1.82, 2.24) is 9.88 Å². The third kappa shape index (κ3) is 4.44. The standard InChI is InChI=1S/C25H18Cl2N2O3/c26-19-10-9-18(13-20(19)27)23-22(21(30)11-8-16-5-2-1-3-6-16)24(31)25(32)29(23)15-17-7-4-12-28-14-17/h1-14,23,31H,15H2/b11-8+. The van der Waals surface area contributed by atoms with E-state index in [1.54, 1.807) is 42.7 Å². The second-order valence-electron chi connectivity index (χ2n) is 7.24. The van der Waals surface area contributed by atoms with Crippen LogP contribution in [0, 0.1) is 0 Å². The molecule has 1 atom stereocenters. The molecule has 0 bridgehead atoms. The van der Waals surface area contributed by atoms with Crippen LogP contribution in [0.4, 0.5) is 0 Å². The van der Waals surface area contributed by atoms with Gasteiger partial charge in [0.2, 0.25) is 0 Å². The number of carbonyl (C=O) groups excluding carboxylic acids is 2. The van der Waals surface area contributed by atoms with E-state index < -0.39 is 23.5 Å². The minimum Gasteiger partial charge on any atom is -0.503 e. The third-order valence-corrected chi connectivity index (χ3v) is 5.87. The number of carbonyl (C=O) groups is 2. The van der Waals surface area contributed by atoms with E-state index in [1.165, 1.54) is 11.0 Å². The van der Waals surface area contributed by atoms with Crippen molar-refractivity contribution in [2.45, 2.75) is 12.6 Å². The molecule has 1 aromatic heterocycles. The second kappa shape index (κ2) is 9.39. The maximum absolute atomic E-state index is 13.2. The van der Waals surface area contributed by atoms with Crippen LogP contribution >= 0.6 is 23.2 Å². The summed E-state index contributed by atoms with van der Waals surface area (Å²) in [6, 6.07) is 16.9. The van der Waals surface area contributed by atoms with E-state index in [2.05, 4.69) is 4.98 Å². The summed E-state index contributed by atoms with van der Waals surface area (Å²) < 4.78 is 0. The van der Waals surface area contributed by atoms with Crippen LogP contribution in [0.2, 0.25) is 10.0 Å². The van der Waals surface area contributed by atoms with Gasteiger partial charge in [0.15, 0.2) is 11.5 Å². The van der Waals surface area contributed by atoms with E-state index in [0.717, 1.165) is 11.1 Å². The maximum atomic E-state index is 13.2. The Hall–Kier alpha value is -3.41. The summed E-state index contributed by atoms with van der Waals surface area (Å²) in [7, 11) is 0. The normalized spacial score (nSPS) is 16.2. The highest BCUT2D eigenvalue weighted by atomic mass is 35.5. The summed E-state index contributed by atoms with van der Waals surface area (Å²) in [5.41, 5.74) is 2.14. The molecule has 2 heterocycles. The molecule has 32 heavy (non-hydrogen) atoms. The Bertz CT molecular complexity index is 1220. The molecule has 0 aliphatic carbocycles. The highest BCUT2D eigenvalue weighted by Gasteiger charge is 2.43. The van der Waals surface area contributed by atoms with Crippen LogP contribution in [-0.4, -0.2) is 26.7 Å². The van der Waals surface area contributed by atoms with E-state index in [1.807, 2.05) is 36.4 Å². The van der Waals surface area contributed by atoms with Crippen molar-refractivity contribution in [2.24, 2.45) is 0 Å².